The summed E-state index contributed by atoms with van der Waals surface area (Å²) >= 11 is 0. The minimum atomic E-state index is -0.936. The van der Waals surface area contributed by atoms with Gasteiger partial charge >= 0.3 is 0 Å². The number of Topliss-reactive ketones (excluding diaryl/α,β-unsaturated/α-hetero) is 2. The molecule has 1 unspecified atom stereocenters. The Bertz CT molecular complexity index is 552. The van der Waals surface area contributed by atoms with E-state index in [-0.39, 0.29) is 11.6 Å². The zero-order valence-electron chi connectivity index (χ0n) is 10.5. The number of carbonyl (C=O) groups is 2. The summed E-state index contributed by atoms with van der Waals surface area (Å²) in [5, 5.41) is 0. The second-order valence-corrected chi connectivity index (χ2v) is 4.91. The van der Waals surface area contributed by atoms with E-state index in [9.17, 15) is 9.59 Å². The number of ketones is 2. The molecule has 0 N–H and O–H groups in total. The van der Waals surface area contributed by atoms with Crippen LogP contribution in [0.4, 0.5) is 5.69 Å². The predicted octanol–water partition coefficient (Wildman–Crippen LogP) is 1.82. The number of anilines is 1. The van der Waals surface area contributed by atoms with Crippen molar-refractivity contribution in [2.75, 3.05) is 19.1 Å². The molecule has 1 aromatic rings. The quantitative estimate of drug-likeness (QED) is 0.708. The molecule has 1 aromatic carbocycles. The minimum Gasteiger partial charge on any atom is -0.497 e. The van der Waals surface area contributed by atoms with Gasteiger partial charge in [0.25, 0.3) is 0 Å². The summed E-state index contributed by atoms with van der Waals surface area (Å²) < 4.78 is 5.15. The van der Waals surface area contributed by atoms with E-state index >= 15 is 0 Å². The molecule has 2 aliphatic rings. The van der Waals surface area contributed by atoms with Gasteiger partial charge in [0.05, 0.1) is 7.11 Å². The van der Waals surface area contributed by atoms with Crippen LogP contribution in [0.1, 0.15) is 29.6 Å². The molecule has 0 aromatic heterocycles. The Hall–Kier alpha value is -1.84. The zero-order valence-corrected chi connectivity index (χ0v) is 10.5. The third-order valence-electron chi connectivity index (χ3n) is 4.16. The fourth-order valence-electron chi connectivity index (χ4n) is 3.14. The van der Waals surface area contributed by atoms with Crippen molar-refractivity contribution in [1.82, 2.24) is 0 Å². The van der Waals surface area contributed by atoms with Crippen LogP contribution in [0.5, 0.6) is 5.75 Å². The Morgan fingerprint density at radius 2 is 2.11 bits per heavy atom. The number of ether oxygens (including phenoxy) is 1. The number of likely N-dealkylation sites (N-methyl/N-ethyl adjacent to an activating group) is 1. The van der Waals surface area contributed by atoms with E-state index in [0.29, 0.717) is 24.2 Å². The summed E-state index contributed by atoms with van der Waals surface area (Å²) in [4.78, 5) is 26.6. The fraction of sp³-hybridized carbons (Fsp3) is 0.429. The van der Waals surface area contributed by atoms with Gasteiger partial charge in [-0.2, -0.15) is 0 Å². The average Bonchev–Trinajstić information content (AvgIpc) is 2.87. The highest BCUT2D eigenvalue weighted by molar-refractivity contribution is 6.27. The molecule has 4 nitrogen and oxygen atoms in total. The second kappa shape index (κ2) is 3.57. The molecule has 4 heteroatoms. The van der Waals surface area contributed by atoms with Crippen molar-refractivity contribution in [2.45, 2.75) is 24.8 Å². The van der Waals surface area contributed by atoms with Gasteiger partial charge in [-0.15, -0.1) is 0 Å². The van der Waals surface area contributed by atoms with Gasteiger partial charge in [0.15, 0.2) is 17.1 Å². The Morgan fingerprint density at radius 1 is 1.33 bits per heavy atom. The van der Waals surface area contributed by atoms with Crippen molar-refractivity contribution in [3.05, 3.63) is 23.8 Å². The van der Waals surface area contributed by atoms with Gasteiger partial charge in [-0.1, -0.05) is 0 Å². The predicted molar refractivity (Wildman–Crippen MR) is 67.3 cm³/mol. The fourth-order valence-corrected chi connectivity index (χ4v) is 3.14. The van der Waals surface area contributed by atoms with E-state index in [1.807, 2.05) is 24.1 Å². The summed E-state index contributed by atoms with van der Waals surface area (Å²) in [5.74, 6) is 0.629. The van der Waals surface area contributed by atoms with Crippen molar-refractivity contribution in [1.29, 1.82) is 0 Å². The first kappa shape index (κ1) is 11.3. The maximum Gasteiger partial charge on any atom is 0.198 e. The molecule has 1 atom stereocenters. The zero-order chi connectivity index (χ0) is 12.9. The summed E-state index contributed by atoms with van der Waals surface area (Å²) in [5.41, 5.74) is 0.498. The molecule has 18 heavy (non-hydrogen) atoms. The molecule has 0 saturated heterocycles. The van der Waals surface area contributed by atoms with Gasteiger partial charge in [-0.25, -0.2) is 0 Å². The van der Waals surface area contributed by atoms with Crippen molar-refractivity contribution in [3.63, 3.8) is 0 Å². The number of fused-ring (bicyclic) bond motifs is 1. The van der Waals surface area contributed by atoms with Crippen LogP contribution < -0.4 is 9.64 Å². The van der Waals surface area contributed by atoms with E-state index in [4.69, 9.17) is 4.74 Å². The highest BCUT2D eigenvalue weighted by Crippen LogP contribution is 2.45. The van der Waals surface area contributed by atoms with Crippen LogP contribution in [0.2, 0.25) is 0 Å². The van der Waals surface area contributed by atoms with Crippen LogP contribution in [0.25, 0.3) is 0 Å². The van der Waals surface area contributed by atoms with Crippen LogP contribution >= 0.6 is 0 Å². The standard InChI is InChI=1S/C14H15NO3/c1-15-11-6-5-9(18-2)8-10(11)13(17)14(15)7-3-4-12(14)16/h5-6,8H,3-4,7H2,1-2H3. The number of carbonyl (C=O) groups excluding carboxylic acids is 2. The van der Waals surface area contributed by atoms with Gasteiger partial charge < -0.3 is 9.64 Å². The van der Waals surface area contributed by atoms with E-state index in [2.05, 4.69) is 0 Å². The second-order valence-electron chi connectivity index (χ2n) is 4.91. The van der Waals surface area contributed by atoms with Gasteiger partial charge in [-0.3, -0.25) is 9.59 Å². The molecule has 3 rings (SSSR count). The van der Waals surface area contributed by atoms with Gasteiger partial charge in [-0.05, 0) is 31.0 Å². The Balaban J connectivity index is 2.16. The number of hydrogen-bond donors (Lipinski definition) is 0. The van der Waals surface area contributed by atoms with Crippen molar-refractivity contribution in [3.8, 4) is 5.75 Å². The molecule has 0 bridgehead atoms. The van der Waals surface area contributed by atoms with Crippen LogP contribution in [0.15, 0.2) is 18.2 Å². The van der Waals surface area contributed by atoms with Crippen molar-refractivity contribution >= 4 is 17.3 Å². The monoisotopic (exact) mass is 245 g/mol. The van der Waals surface area contributed by atoms with E-state index in [1.54, 1.807) is 13.2 Å². The first-order valence-electron chi connectivity index (χ1n) is 6.11. The van der Waals surface area contributed by atoms with Crippen LogP contribution in [-0.2, 0) is 4.79 Å². The molecule has 1 heterocycles. The van der Waals surface area contributed by atoms with Gasteiger partial charge in [0, 0.05) is 24.7 Å². The first-order valence-corrected chi connectivity index (χ1v) is 6.11. The van der Waals surface area contributed by atoms with Crippen LogP contribution in [-0.4, -0.2) is 31.3 Å². The molecule has 0 amide bonds. The lowest BCUT2D eigenvalue weighted by atomic mass is 9.90. The molecular formula is C14H15NO3. The van der Waals surface area contributed by atoms with Crippen molar-refractivity contribution < 1.29 is 14.3 Å². The molecule has 1 saturated carbocycles. The smallest absolute Gasteiger partial charge is 0.198 e. The molecule has 1 spiro atoms. The highest BCUT2D eigenvalue weighted by Gasteiger charge is 2.56. The van der Waals surface area contributed by atoms with Crippen LogP contribution in [0, 0.1) is 0 Å². The third-order valence-corrected chi connectivity index (χ3v) is 4.16. The summed E-state index contributed by atoms with van der Waals surface area (Å²) in [7, 11) is 3.40. The lowest BCUT2D eigenvalue weighted by Gasteiger charge is -2.30. The molecular weight excluding hydrogens is 230 g/mol. The number of hydrogen-bond acceptors (Lipinski definition) is 4. The Labute approximate surface area is 106 Å². The van der Waals surface area contributed by atoms with E-state index in [1.165, 1.54) is 0 Å². The SMILES string of the molecule is COc1ccc2c(c1)C(=O)C1(CCCC1=O)N2C. The summed E-state index contributed by atoms with van der Waals surface area (Å²) in [6, 6.07) is 5.40. The molecule has 1 aliphatic carbocycles. The number of rotatable bonds is 1. The van der Waals surface area contributed by atoms with E-state index in [0.717, 1.165) is 12.1 Å². The molecule has 1 aliphatic heterocycles. The lowest BCUT2D eigenvalue weighted by Crippen LogP contribution is -2.51. The maximum absolute atomic E-state index is 12.6. The van der Waals surface area contributed by atoms with E-state index < -0.39 is 5.54 Å². The van der Waals surface area contributed by atoms with Gasteiger partial charge in [0.1, 0.15) is 5.75 Å². The number of benzene rings is 1. The largest absolute Gasteiger partial charge is 0.497 e. The Kier molecular flexibility index (Phi) is 2.24. The minimum absolute atomic E-state index is 0.0465. The van der Waals surface area contributed by atoms with Crippen molar-refractivity contribution in [2.24, 2.45) is 0 Å². The molecule has 0 radical (unpaired) electrons. The lowest BCUT2D eigenvalue weighted by molar-refractivity contribution is -0.120. The third kappa shape index (κ3) is 1.15. The highest BCUT2D eigenvalue weighted by atomic mass is 16.5. The van der Waals surface area contributed by atoms with Gasteiger partial charge in [0.2, 0.25) is 0 Å². The topological polar surface area (TPSA) is 46.6 Å². The first-order chi connectivity index (χ1) is 8.61. The average molecular weight is 245 g/mol. The molecule has 1 fully saturated rings. The Morgan fingerprint density at radius 3 is 2.72 bits per heavy atom. The maximum atomic E-state index is 12.6. The normalized spacial score (nSPS) is 26.0. The summed E-state index contributed by atoms with van der Waals surface area (Å²) in [6.07, 6.45) is 1.92. The van der Waals surface area contributed by atoms with Crippen LogP contribution in [0.3, 0.4) is 0 Å². The molecule has 94 valence electrons. The summed E-state index contributed by atoms with van der Waals surface area (Å²) in [6.45, 7) is 0. The number of methoxy groups -OCH3 is 1. The number of nitrogens with zero attached hydrogens (tertiary/aromatic N) is 1.